The second kappa shape index (κ2) is 8.55. The van der Waals surface area contributed by atoms with Gasteiger partial charge < -0.3 is 20.1 Å². The van der Waals surface area contributed by atoms with Gasteiger partial charge in [0.2, 0.25) is 0 Å². The number of hydrogen-bond donors (Lipinski definition) is 2. The summed E-state index contributed by atoms with van der Waals surface area (Å²) in [4.78, 5) is 25.5. The van der Waals surface area contributed by atoms with Gasteiger partial charge in [0.15, 0.2) is 6.04 Å². The van der Waals surface area contributed by atoms with Crippen molar-refractivity contribution < 1.29 is 19.4 Å². The van der Waals surface area contributed by atoms with E-state index in [1.54, 1.807) is 17.5 Å². The first-order chi connectivity index (χ1) is 9.60. The van der Waals surface area contributed by atoms with Crippen molar-refractivity contribution in [1.29, 1.82) is 0 Å². The fourth-order valence-corrected chi connectivity index (χ4v) is 2.41. The van der Waals surface area contributed by atoms with E-state index in [9.17, 15) is 14.7 Å². The Morgan fingerprint density at radius 1 is 1.50 bits per heavy atom. The molecule has 0 spiro atoms. The number of carbonyl (C=O) groups is 2. The van der Waals surface area contributed by atoms with Crippen molar-refractivity contribution in [2.75, 3.05) is 26.3 Å². The smallest absolute Gasteiger partial charge is 0.331 e. The van der Waals surface area contributed by atoms with Crippen LogP contribution in [0.15, 0.2) is 17.5 Å². The van der Waals surface area contributed by atoms with Crippen LogP contribution in [0, 0.1) is 0 Å². The first-order valence-corrected chi connectivity index (χ1v) is 7.37. The van der Waals surface area contributed by atoms with Crippen LogP contribution in [0.5, 0.6) is 0 Å². The summed E-state index contributed by atoms with van der Waals surface area (Å²) in [7, 11) is 0. The predicted molar refractivity (Wildman–Crippen MR) is 77.0 cm³/mol. The van der Waals surface area contributed by atoms with E-state index in [1.807, 2.05) is 13.8 Å². The van der Waals surface area contributed by atoms with Crippen molar-refractivity contribution in [3.63, 3.8) is 0 Å². The van der Waals surface area contributed by atoms with Crippen LogP contribution >= 0.6 is 11.3 Å². The van der Waals surface area contributed by atoms with E-state index in [-0.39, 0.29) is 0 Å². The van der Waals surface area contributed by atoms with E-state index >= 15 is 0 Å². The van der Waals surface area contributed by atoms with Crippen molar-refractivity contribution >= 4 is 23.3 Å². The highest BCUT2D eigenvalue weighted by atomic mass is 32.1. The molecule has 0 aliphatic rings. The van der Waals surface area contributed by atoms with Gasteiger partial charge >= 0.3 is 12.0 Å². The minimum absolute atomic E-state index is 0.395. The number of aliphatic carboxylic acids is 1. The van der Waals surface area contributed by atoms with Gasteiger partial charge in [-0.3, -0.25) is 0 Å². The van der Waals surface area contributed by atoms with Crippen molar-refractivity contribution in [1.82, 2.24) is 10.2 Å². The molecule has 0 bridgehead atoms. The van der Waals surface area contributed by atoms with Gasteiger partial charge in [-0.05, 0) is 25.3 Å². The number of nitrogens with zero attached hydrogens (tertiary/aromatic N) is 1. The molecule has 0 radical (unpaired) electrons. The minimum atomic E-state index is -1.07. The van der Waals surface area contributed by atoms with E-state index in [0.29, 0.717) is 31.2 Å². The van der Waals surface area contributed by atoms with Gasteiger partial charge in [0.1, 0.15) is 0 Å². The Morgan fingerprint density at radius 3 is 2.75 bits per heavy atom. The summed E-state index contributed by atoms with van der Waals surface area (Å²) in [5.41, 5.74) is 0. The Bertz CT molecular complexity index is 422. The average molecular weight is 300 g/mol. The summed E-state index contributed by atoms with van der Waals surface area (Å²) >= 11 is 1.30. The average Bonchev–Trinajstić information content (AvgIpc) is 2.94. The molecule has 0 aromatic carbocycles. The highest BCUT2D eigenvalue weighted by molar-refractivity contribution is 7.10. The fraction of sp³-hybridized carbons (Fsp3) is 0.538. The molecule has 1 heterocycles. The molecule has 2 N–H and O–H groups in total. The van der Waals surface area contributed by atoms with Gasteiger partial charge in [-0.2, -0.15) is 0 Å². The molecule has 6 nitrogen and oxygen atoms in total. The molecule has 20 heavy (non-hydrogen) atoms. The van der Waals surface area contributed by atoms with Crippen LogP contribution < -0.4 is 5.32 Å². The first-order valence-electron chi connectivity index (χ1n) is 6.49. The molecule has 1 rings (SSSR count). The highest BCUT2D eigenvalue weighted by Crippen LogP contribution is 2.19. The predicted octanol–water partition coefficient (Wildman–Crippen LogP) is 1.94. The van der Waals surface area contributed by atoms with E-state index in [4.69, 9.17) is 4.74 Å². The molecule has 1 unspecified atom stereocenters. The number of thiophene rings is 1. The van der Waals surface area contributed by atoms with Crippen LogP contribution in [0.1, 0.15) is 24.8 Å². The molecular formula is C13H20N2O4S. The molecular weight excluding hydrogens is 280 g/mol. The van der Waals surface area contributed by atoms with Crippen LogP contribution in [-0.4, -0.2) is 48.3 Å². The molecule has 0 fully saturated rings. The second-order valence-corrected chi connectivity index (χ2v) is 4.99. The van der Waals surface area contributed by atoms with Gasteiger partial charge in [0.05, 0.1) is 6.61 Å². The fourth-order valence-electron chi connectivity index (χ4n) is 1.65. The number of rotatable bonds is 8. The Balaban J connectivity index is 2.62. The third-order valence-electron chi connectivity index (χ3n) is 2.72. The van der Waals surface area contributed by atoms with E-state index in [2.05, 4.69) is 5.32 Å². The first kappa shape index (κ1) is 16.5. The van der Waals surface area contributed by atoms with Crippen LogP contribution in [0.2, 0.25) is 0 Å². The van der Waals surface area contributed by atoms with E-state index in [1.165, 1.54) is 16.2 Å². The Morgan fingerprint density at radius 2 is 2.25 bits per heavy atom. The number of ether oxygens (including phenoxy) is 1. The van der Waals surface area contributed by atoms with Crippen LogP contribution in [0.25, 0.3) is 0 Å². The van der Waals surface area contributed by atoms with Crippen LogP contribution in [0.4, 0.5) is 4.79 Å². The molecule has 2 amide bonds. The Hall–Kier alpha value is -1.60. The monoisotopic (exact) mass is 300 g/mol. The quantitative estimate of drug-likeness (QED) is 0.719. The lowest BCUT2D eigenvalue weighted by atomic mass is 10.2. The van der Waals surface area contributed by atoms with Gasteiger partial charge in [-0.25, -0.2) is 9.59 Å². The third-order valence-corrected chi connectivity index (χ3v) is 3.66. The third kappa shape index (κ3) is 4.82. The van der Waals surface area contributed by atoms with Gasteiger partial charge in [-0.15, -0.1) is 11.3 Å². The molecule has 112 valence electrons. The molecule has 0 aliphatic heterocycles. The van der Waals surface area contributed by atoms with E-state index in [0.717, 1.165) is 0 Å². The highest BCUT2D eigenvalue weighted by Gasteiger charge is 2.24. The molecule has 1 aromatic heterocycles. The summed E-state index contributed by atoms with van der Waals surface area (Å²) in [5, 5.41) is 13.5. The lowest BCUT2D eigenvalue weighted by Gasteiger charge is -2.23. The number of carbonyl (C=O) groups excluding carboxylic acids is 1. The maximum absolute atomic E-state index is 12.1. The lowest BCUT2D eigenvalue weighted by Crippen LogP contribution is -2.44. The number of urea groups is 1. The van der Waals surface area contributed by atoms with Gasteiger partial charge in [0, 0.05) is 24.6 Å². The van der Waals surface area contributed by atoms with Crippen LogP contribution in [-0.2, 0) is 9.53 Å². The zero-order valence-electron chi connectivity index (χ0n) is 11.7. The van der Waals surface area contributed by atoms with Gasteiger partial charge in [-0.1, -0.05) is 6.07 Å². The Labute approximate surface area is 122 Å². The molecule has 0 saturated carbocycles. The molecule has 0 saturated heterocycles. The zero-order chi connectivity index (χ0) is 15.0. The lowest BCUT2D eigenvalue weighted by molar-refractivity contribution is -0.139. The summed E-state index contributed by atoms with van der Waals surface area (Å²) in [6, 6.07) is 2.05. The van der Waals surface area contributed by atoms with Crippen LogP contribution in [0.3, 0.4) is 0 Å². The maximum Gasteiger partial charge on any atom is 0.331 e. The summed E-state index contributed by atoms with van der Waals surface area (Å²) in [6.07, 6.45) is 0. The van der Waals surface area contributed by atoms with Crippen molar-refractivity contribution in [3.05, 3.63) is 22.4 Å². The second-order valence-electron chi connectivity index (χ2n) is 4.01. The van der Waals surface area contributed by atoms with Crippen molar-refractivity contribution in [3.8, 4) is 0 Å². The summed E-state index contributed by atoms with van der Waals surface area (Å²) in [6.45, 7) is 5.68. The summed E-state index contributed by atoms with van der Waals surface area (Å²) in [5.74, 6) is -1.07. The van der Waals surface area contributed by atoms with Crippen molar-refractivity contribution in [2.24, 2.45) is 0 Å². The normalized spacial score (nSPS) is 11.9. The minimum Gasteiger partial charge on any atom is -0.479 e. The topological polar surface area (TPSA) is 78.9 Å². The molecule has 1 aromatic rings. The SMILES string of the molecule is CCOCCN(CC)C(=O)NC(C(=O)O)c1cccs1. The van der Waals surface area contributed by atoms with Crippen molar-refractivity contribution in [2.45, 2.75) is 19.9 Å². The number of carboxylic acid groups (broad SMARTS) is 1. The van der Waals surface area contributed by atoms with Gasteiger partial charge in [0.25, 0.3) is 0 Å². The number of hydrogen-bond acceptors (Lipinski definition) is 4. The molecule has 7 heteroatoms. The number of amides is 2. The standard InChI is InChI=1S/C13H20N2O4S/c1-3-15(7-8-19-4-2)13(18)14-11(12(16)17)10-6-5-9-20-10/h5-6,9,11H,3-4,7-8H2,1-2H3,(H,14,18)(H,16,17). The van der Waals surface area contributed by atoms with E-state index < -0.39 is 18.0 Å². The number of nitrogens with one attached hydrogen (secondary N) is 1. The number of carboxylic acids is 1. The molecule has 0 aliphatic carbocycles. The number of likely N-dealkylation sites (N-methyl/N-ethyl adjacent to an activating group) is 1. The largest absolute Gasteiger partial charge is 0.479 e. The summed E-state index contributed by atoms with van der Waals surface area (Å²) < 4.78 is 5.20. The maximum atomic E-state index is 12.1. The Kier molecular flexibility index (Phi) is 7.03. The zero-order valence-corrected chi connectivity index (χ0v) is 12.5. The molecule has 1 atom stereocenters.